The van der Waals surface area contributed by atoms with E-state index in [1.54, 1.807) is 32.0 Å². The summed E-state index contributed by atoms with van der Waals surface area (Å²) in [5, 5.41) is 4.97. The number of anilines is 1. The monoisotopic (exact) mass is 360 g/mol. The Morgan fingerprint density at radius 3 is 2.35 bits per heavy atom. The third-order valence-electron chi connectivity index (χ3n) is 3.62. The van der Waals surface area contributed by atoms with Crippen LogP contribution in [0.15, 0.2) is 24.3 Å². The van der Waals surface area contributed by atoms with Gasteiger partial charge in [0.15, 0.2) is 0 Å². The van der Waals surface area contributed by atoms with E-state index in [1.807, 2.05) is 0 Å². The average Bonchev–Trinajstić information content (AvgIpc) is 2.79. The molecular formula is C17H20N4O5. The second-order valence-electron chi connectivity index (χ2n) is 6.19. The van der Waals surface area contributed by atoms with Crippen molar-refractivity contribution < 1.29 is 24.0 Å². The molecule has 1 saturated heterocycles. The molecule has 0 bridgehead atoms. The van der Waals surface area contributed by atoms with Crippen molar-refractivity contribution in [3.8, 4) is 0 Å². The summed E-state index contributed by atoms with van der Waals surface area (Å²) in [4.78, 5) is 61.3. The molecule has 0 saturated carbocycles. The van der Waals surface area contributed by atoms with Crippen molar-refractivity contribution >= 4 is 35.3 Å². The van der Waals surface area contributed by atoms with Crippen molar-refractivity contribution in [1.82, 2.24) is 15.1 Å². The number of carbonyl (C=O) groups is 5. The molecule has 1 fully saturated rings. The van der Waals surface area contributed by atoms with Crippen molar-refractivity contribution in [3.05, 3.63) is 29.8 Å². The molecule has 0 atom stereocenters. The average molecular weight is 360 g/mol. The summed E-state index contributed by atoms with van der Waals surface area (Å²) in [6.45, 7) is 3.14. The lowest BCUT2D eigenvalue weighted by Gasteiger charge is -2.16. The topological polar surface area (TPSA) is 116 Å². The van der Waals surface area contributed by atoms with Crippen LogP contribution in [0.1, 0.15) is 24.2 Å². The molecule has 0 aliphatic carbocycles. The molecule has 0 spiro atoms. The Labute approximate surface area is 150 Å². The van der Waals surface area contributed by atoms with Crippen molar-refractivity contribution in [3.63, 3.8) is 0 Å². The number of hydrogen-bond acceptors (Lipinski definition) is 5. The van der Waals surface area contributed by atoms with Crippen LogP contribution in [0.5, 0.6) is 0 Å². The Balaban J connectivity index is 2.06. The molecule has 26 heavy (non-hydrogen) atoms. The zero-order valence-corrected chi connectivity index (χ0v) is 14.7. The zero-order valence-electron chi connectivity index (χ0n) is 14.7. The quantitative estimate of drug-likeness (QED) is 0.564. The Morgan fingerprint density at radius 1 is 1.08 bits per heavy atom. The van der Waals surface area contributed by atoms with E-state index in [4.69, 9.17) is 0 Å². The minimum absolute atomic E-state index is 0.00284. The molecule has 0 aromatic heterocycles. The highest BCUT2D eigenvalue weighted by atomic mass is 16.2. The maximum absolute atomic E-state index is 12.2. The van der Waals surface area contributed by atoms with Gasteiger partial charge >= 0.3 is 17.8 Å². The first-order valence-corrected chi connectivity index (χ1v) is 8.04. The number of carbonyl (C=O) groups excluding carboxylic acids is 5. The van der Waals surface area contributed by atoms with Gasteiger partial charge in [0, 0.05) is 24.8 Å². The predicted octanol–water partition coefficient (Wildman–Crippen LogP) is 0.431. The van der Waals surface area contributed by atoms with Crippen molar-refractivity contribution in [2.24, 2.45) is 5.92 Å². The standard InChI is InChI=1S/C17H20N4O5/c1-10(2)8-20-15(24)16(25)21(17(20)26)9-13(22)19-12-6-4-5-11(7-12)14(23)18-3/h4-7,10H,8-9H2,1-3H3,(H,18,23)(H,19,22). The molecular weight excluding hydrogens is 340 g/mol. The number of amides is 6. The SMILES string of the molecule is CNC(=O)c1cccc(NC(=O)CN2C(=O)C(=O)N(CC(C)C)C2=O)c1. The van der Waals surface area contributed by atoms with E-state index in [9.17, 15) is 24.0 Å². The van der Waals surface area contributed by atoms with Gasteiger partial charge in [0.25, 0.3) is 5.91 Å². The van der Waals surface area contributed by atoms with Gasteiger partial charge in [0.1, 0.15) is 6.54 Å². The van der Waals surface area contributed by atoms with Gasteiger partial charge in [0.2, 0.25) is 5.91 Å². The Kier molecular flexibility index (Phi) is 5.71. The Hall–Kier alpha value is -3.23. The fourth-order valence-corrected chi connectivity index (χ4v) is 2.44. The first-order chi connectivity index (χ1) is 12.2. The number of hydrogen-bond donors (Lipinski definition) is 2. The summed E-state index contributed by atoms with van der Waals surface area (Å²) in [6, 6.07) is 5.38. The van der Waals surface area contributed by atoms with E-state index in [0.29, 0.717) is 16.2 Å². The van der Waals surface area contributed by atoms with Gasteiger partial charge in [-0.15, -0.1) is 0 Å². The zero-order chi connectivity index (χ0) is 19.4. The molecule has 2 rings (SSSR count). The molecule has 9 nitrogen and oxygen atoms in total. The summed E-state index contributed by atoms with van der Waals surface area (Å²) in [7, 11) is 1.48. The maximum atomic E-state index is 12.2. The molecule has 1 aromatic carbocycles. The number of urea groups is 1. The third-order valence-corrected chi connectivity index (χ3v) is 3.62. The molecule has 9 heteroatoms. The molecule has 0 unspecified atom stereocenters. The Bertz CT molecular complexity index is 774. The summed E-state index contributed by atoms with van der Waals surface area (Å²) in [6.07, 6.45) is 0. The smallest absolute Gasteiger partial charge is 0.334 e. The fourth-order valence-electron chi connectivity index (χ4n) is 2.44. The number of rotatable bonds is 6. The lowest BCUT2D eigenvalue weighted by atomic mass is 10.2. The molecule has 1 aromatic rings. The lowest BCUT2D eigenvalue weighted by Crippen LogP contribution is -2.39. The molecule has 138 valence electrons. The summed E-state index contributed by atoms with van der Waals surface area (Å²) >= 11 is 0. The van der Waals surface area contributed by atoms with Crippen LogP contribution < -0.4 is 10.6 Å². The highest BCUT2D eigenvalue weighted by molar-refractivity contribution is 6.45. The predicted molar refractivity (Wildman–Crippen MR) is 92.1 cm³/mol. The van der Waals surface area contributed by atoms with E-state index < -0.39 is 30.3 Å². The van der Waals surface area contributed by atoms with Gasteiger partial charge in [-0.05, 0) is 24.1 Å². The molecule has 1 heterocycles. The highest BCUT2D eigenvalue weighted by Crippen LogP contribution is 2.15. The molecule has 1 aliphatic heterocycles. The molecule has 1 aliphatic rings. The lowest BCUT2D eigenvalue weighted by molar-refractivity contribution is -0.143. The first kappa shape index (κ1) is 19.1. The number of nitrogens with one attached hydrogen (secondary N) is 2. The number of imide groups is 2. The van der Waals surface area contributed by atoms with Crippen LogP contribution in [0.4, 0.5) is 10.5 Å². The number of benzene rings is 1. The van der Waals surface area contributed by atoms with Crippen LogP contribution >= 0.6 is 0 Å². The number of nitrogens with zero attached hydrogens (tertiary/aromatic N) is 2. The van der Waals surface area contributed by atoms with Gasteiger partial charge in [0.05, 0.1) is 0 Å². The van der Waals surface area contributed by atoms with Crippen LogP contribution in [-0.4, -0.2) is 59.6 Å². The van der Waals surface area contributed by atoms with Crippen LogP contribution in [0.2, 0.25) is 0 Å². The Morgan fingerprint density at radius 2 is 1.73 bits per heavy atom. The van der Waals surface area contributed by atoms with Crippen LogP contribution in [0, 0.1) is 5.92 Å². The van der Waals surface area contributed by atoms with Crippen LogP contribution in [0.3, 0.4) is 0 Å². The molecule has 0 radical (unpaired) electrons. The molecule has 2 N–H and O–H groups in total. The second kappa shape index (κ2) is 7.77. The van der Waals surface area contributed by atoms with Crippen LogP contribution in [-0.2, 0) is 14.4 Å². The van der Waals surface area contributed by atoms with E-state index in [0.717, 1.165) is 4.90 Å². The normalized spacial score (nSPS) is 14.2. The third kappa shape index (κ3) is 4.05. The van der Waals surface area contributed by atoms with Crippen LogP contribution in [0.25, 0.3) is 0 Å². The van der Waals surface area contributed by atoms with E-state index in [-0.39, 0.29) is 18.4 Å². The van der Waals surface area contributed by atoms with Gasteiger partial charge in [-0.2, -0.15) is 0 Å². The van der Waals surface area contributed by atoms with Gasteiger partial charge in [-0.25, -0.2) is 9.69 Å². The summed E-state index contributed by atoms with van der Waals surface area (Å²) in [5.74, 6) is -2.93. The fraction of sp³-hybridized carbons (Fsp3) is 0.353. The maximum Gasteiger partial charge on any atom is 0.334 e. The second-order valence-corrected chi connectivity index (χ2v) is 6.19. The minimum atomic E-state index is -1.02. The minimum Gasteiger partial charge on any atom is -0.355 e. The highest BCUT2D eigenvalue weighted by Gasteiger charge is 2.45. The van der Waals surface area contributed by atoms with Gasteiger partial charge in [-0.1, -0.05) is 19.9 Å². The van der Waals surface area contributed by atoms with Gasteiger partial charge in [-0.3, -0.25) is 24.1 Å². The van der Waals surface area contributed by atoms with Crippen molar-refractivity contribution in [2.45, 2.75) is 13.8 Å². The van der Waals surface area contributed by atoms with Crippen molar-refractivity contribution in [1.29, 1.82) is 0 Å². The van der Waals surface area contributed by atoms with E-state index in [2.05, 4.69) is 10.6 Å². The first-order valence-electron chi connectivity index (χ1n) is 8.04. The largest absolute Gasteiger partial charge is 0.355 e. The van der Waals surface area contributed by atoms with Gasteiger partial charge < -0.3 is 10.6 Å². The van der Waals surface area contributed by atoms with E-state index in [1.165, 1.54) is 13.1 Å². The van der Waals surface area contributed by atoms with E-state index >= 15 is 0 Å². The molecule has 6 amide bonds. The van der Waals surface area contributed by atoms with Crippen molar-refractivity contribution in [2.75, 3.05) is 25.5 Å². The summed E-state index contributed by atoms with van der Waals surface area (Å²) in [5.41, 5.74) is 0.678. The summed E-state index contributed by atoms with van der Waals surface area (Å²) < 4.78 is 0.